The largest absolute Gasteiger partial charge is 0.494 e. The van der Waals surface area contributed by atoms with Gasteiger partial charge in [-0.25, -0.2) is 13.3 Å². The van der Waals surface area contributed by atoms with Gasteiger partial charge in [-0.15, -0.1) is 0 Å². The molecule has 2 saturated heterocycles. The summed E-state index contributed by atoms with van der Waals surface area (Å²) in [6.45, 7) is 3.90. The van der Waals surface area contributed by atoms with Crippen molar-refractivity contribution >= 4 is 50.4 Å². The van der Waals surface area contributed by atoms with E-state index in [0.717, 1.165) is 49.1 Å². The first-order valence-corrected chi connectivity index (χ1v) is 16.9. The molecule has 2 amide bonds. The minimum absolute atomic E-state index is 0.0278. The van der Waals surface area contributed by atoms with Crippen molar-refractivity contribution in [2.45, 2.75) is 12.8 Å². The van der Waals surface area contributed by atoms with Crippen molar-refractivity contribution in [3.8, 4) is 17.2 Å². The van der Waals surface area contributed by atoms with Crippen LogP contribution in [0.15, 0.2) is 77.7 Å². The van der Waals surface area contributed by atoms with Gasteiger partial charge in [-0.1, -0.05) is 12.1 Å². The molecule has 3 aromatic rings. The highest BCUT2D eigenvalue weighted by molar-refractivity contribution is 8.19. The van der Waals surface area contributed by atoms with Crippen molar-refractivity contribution in [1.29, 1.82) is 0 Å². The minimum atomic E-state index is -3.13. The molecule has 236 valence electrons. The zero-order valence-electron chi connectivity index (χ0n) is 24.5. The predicted molar refractivity (Wildman–Crippen MR) is 172 cm³/mol. The molecule has 2 aliphatic heterocycles. The number of hydrogen-bond acceptors (Lipinski definition) is 10. The first-order valence-electron chi connectivity index (χ1n) is 14.3. The van der Waals surface area contributed by atoms with Gasteiger partial charge in [0.25, 0.3) is 16.8 Å². The number of sulfonamides is 1. The number of nitro benzene ring substituents is 1. The van der Waals surface area contributed by atoms with Gasteiger partial charge >= 0.3 is 0 Å². The number of imide groups is 1. The van der Waals surface area contributed by atoms with Crippen LogP contribution in [0.3, 0.4) is 0 Å². The highest BCUT2D eigenvalue weighted by Crippen LogP contribution is 2.36. The molecule has 3 aromatic carbocycles. The van der Waals surface area contributed by atoms with Gasteiger partial charge < -0.3 is 14.4 Å². The van der Waals surface area contributed by atoms with Gasteiger partial charge in [0.15, 0.2) is 0 Å². The van der Waals surface area contributed by atoms with Crippen LogP contribution in [-0.2, 0) is 14.8 Å². The molecule has 0 unspecified atom stereocenters. The number of ether oxygens (including phenoxy) is 2. The maximum Gasteiger partial charge on any atom is 0.298 e. The van der Waals surface area contributed by atoms with E-state index in [1.54, 1.807) is 54.6 Å². The lowest BCUT2D eigenvalue weighted by atomic mass is 10.2. The Balaban J connectivity index is 1.08. The second-order valence-corrected chi connectivity index (χ2v) is 13.5. The monoisotopic (exact) mass is 652 g/mol. The normalized spacial score (nSPS) is 17.2. The summed E-state index contributed by atoms with van der Waals surface area (Å²) in [7, 11) is -3.13. The van der Waals surface area contributed by atoms with Crippen LogP contribution in [-0.4, -0.2) is 79.3 Å². The van der Waals surface area contributed by atoms with E-state index >= 15 is 0 Å². The van der Waals surface area contributed by atoms with Crippen LogP contribution < -0.4 is 14.4 Å². The first-order chi connectivity index (χ1) is 21.6. The lowest BCUT2D eigenvalue weighted by Gasteiger charge is -2.33. The topological polar surface area (TPSA) is 140 Å². The standard InChI is InChI=1S/C31H32N4O8S2/c1-45(40,41)33-19-17-32(18-20-33)16-2-3-21-42-26-12-6-24(7-13-26)34-30(36)29(44-31(34)37)22-23-4-10-27(11-5-23)43-28-14-8-25(9-15-28)35(38)39/h4-15,22H,2-3,16-21H2,1H3/b29-22-. The Hall–Kier alpha value is -4.24. The summed E-state index contributed by atoms with van der Waals surface area (Å²) in [5.41, 5.74) is 1.13. The van der Waals surface area contributed by atoms with Crippen LogP contribution in [0, 0.1) is 10.1 Å². The zero-order chi connectivity index (χ0) is 32.0. The summed E-state index contributed by atoms with van der Waals surface area (Å²) < 4.78 is 36.4. The number of carbonyl (C=O) groups is 2. The van der Waals surface area contributed by atoms with Crippen LogP contribution in [0.25, 0.3) is 6.08 Å². The molecular weight excluding hydrogens is 620 g/mol. The molecule has 5 rings (SSSR count). The van der Waals surface area contributed by atoms with Gasteiger partial charge in [0, 0.05) is 38.3 Å². The fraction of sp³-hybridized carbons (Fsp3) is 0.290. The number of anilines is 1. The van der Waals surface area contributed by atoms with Crippen LogP contribution in [0.4, 0.5) is 16.2 Å². The number of non-ortho nitro benzene ring substituents is 1. The summed E-state index contributed by atoms with van der Waals surface area (Å²) in [6, 6.07) is 19.5. The Morgan fingerprint density at radius 2 is 1.47 bits per heavy atom. The van der Waals surface area contributed by atoms with Crippen LogP contribution in [0.2, 0.25) is 0 Å². The summed E-state index contributed by atoms with van der Waals surface area (Å²) in [4.78, 5) is 39.9. The third-order valence-corrected chi connectivity index (χ3v) is 9.46. The van der Waals surface area contributed by atoms with Crippen molar-refractivity contribution in [3.05, 3.63) is 93.4 Å². The molecule has 0 saturated carbocycles. The molecule has 0 atom stereocenters. The highest BCUT2D eigenvalue weighted by atomic mass is 32.2. The molecule has 0 aliphatic carbocycles. The molecular formula is C31H32N4O8S2. The Labute approximate surface area is 265 Å². The van der Waals surface area contributed by atoms with Gasteiger partial charge in [0.1, 0.15) is 17.2 Å². The number of rotatable bonds is 12. The van der Waals surface area contributed by atoms with E-state index < -0.39 is 26.1 Å². The lowest BCUT2D eigenvalue weighted by Crippen LogP contribution is -2.48. The second kappa shape index (κ2) is 14.2. The van der Waals surface area contributed by atoms with E-state index in [0.29, 0.717) is 53.1 Å². The SMILES string of the molecule is CS(=O)(=O)N1CCN(CCCCOc2ccc(N3C(=O)S/C(=C\c4ccc(Oc5ccc([N+](=O)[O-])cc5)cc4)C3=O)cc2)CC1. The molecule has 0 spiro atoms. The third-order valence-electron chi connectivity index (χ3n) is 7.29. The smallest absolute Gasteiger partial charge is 0.298 e. The van der Waals surface area contributed by atoms with Crippen molar-refractivity contribution in [2.75, 3.05) is 50.5 Å². The summed E-state index contributed by atoms with van der Waals surface area (Å²) in [6.07, 6.45) is 4.65. The van der Waals surface area contributed by atoms with E-state index in [1.165, 1.54) is 34.8 Å². The van der Waals surface area contributed by atoms with Gasteiger partial charge in [-0.3, -0.25) is 19.7 Å². The van der Waals surface area contributed by atoms with Gasteiger partial charge in [0.2, 0.25) is 10.0 Å². The van der Waals surface area contributed by atoms with E-state index in [1.807, 2.05) is 0 Å². The Bertz CT molecular complexity index is 1670. The minimum Gasteiger partial charge on any atom is -0.494 e. The lowest BCUT2D eigenvalue weighted by molar-refractivity contribution is -0.384. The van der Waals surface area contributed by atoms with E-state index in [2.05, 4.69) is 4.90 Å². The van der Waals surface area contributed by atoms with Crippen molar-refractivity contribution < 1.29 is 32.4 Å². The molecule has 0 radical (unpaired) electrons. The molecule has 0 N–H and O–H groups in total. The molecule has 45 heavy (non-hydrogen) atoms. The molecule has 12 nitrogen and oxygen atoms in total. The molecule has 14 heteroatoms. The zero-order valence-corrected chi connectivity index (χ0v) is 26.2. The highest BCUT2D eigenvalue weighted by Gasteiger charge is 2.36. The second-order valence-electron chi connectivity index (χ2n) is 10.5. The number of piperazine rings is 1. The Morgan fingerprint density at radius 3 is 2.07 bits per heavy atom. The van der Waals surface area contributed by atoms with Crippen LogP contribution in [0.5, 0.6) is 17.2 Å². The molecule has 2 aliphatic rings. The number of thioether (sulfide) groups is 1. The molecule has 2 heterocycles. The van der Waals surface area contributed by atoms with Gasteiger partial charge in [-0.2, -0.15) is 4.31 Å². The van der Waals surface area contributed by atoms with Crippen molar-refractivity contribution in [3.63, 3.8) is 0 Å². The van der Waals surface area contributed by atoms with Crippen LogP contribution >= 0.6 is 11.8 Å². The molecule has 0 aromatic heterocycles. The average Bonchev–Trinajstić information content (AvgIpc) is 3.30. The van der Waals surface area contributed by atoms with Gasteiger partial charge in [0.05, 0.1) is 28.4 Å². The molecule has 2 fully saturated rings. The number of benzene rings is 3. The van der Waals surface area contributed by atoms with Crippen molar-refractivity contribution in [1.82, 2.24) is 9.21 Å². The first kappa shape index (κ1) is 32.2. The average molecular weight is 653 g/mol. The number of unbranched alkanes of at least 4 members (excludes halogenated alkanes) is 1. The third kappa shape index (κ3) is 8.48. The maximum absolute atomic E-state index is 13.1. The number of nitrogens with zero attached hydrogens (tertiary/aromatic N) is 4. The summed E-state index contributed by atoms with van der Waals surface area (Å²) in [5.74, 6) is 1.19. The van der Waals surface area contributed by atoms with Gasteiger partial charge in [-0.05, 0) is 91.3 Å². The number of nitro groups is 1. The van der Waals surface area contributed by atoms with Crippen LogP contribution in [0.1, 0.15) is 18.4 Å². The van der Waals surface area contributed by atoms with E-state index in [4.69, 9.17) is 9.47 Å². The maximum atomic E-state index is 13.1. The number of carbonyl (C=O) groups excluding carboxylic acids is 2. The number of hydrogen-bond donors (Lipinski definition) is 0. The molecule has 0 bridgehead atoms. The summed E-state index contributed by atoms with van der Waals surface area (Å²) >= 11 is 0.863. The quantitative estimate of drug-likeness (QED) is 0.109. The van der Waals surface area contributed by atoms with E-state index in [9.17, 15) is 28.1 Å². The summed E-state index contributed by atoms with van der Waals surface area (Å²) in [5, 5.41) is 10.4. The Morgan fingerprint density at radius 1 is 0.867 bits per heavy atom. The van der Waals surface area contributed by atoms with Crippen molar-refractivity contribution in [2.24, 2.45) is 0 Å². The predicted octanol–water partition coefficient (Wildman–Crippen LogP) is 5.36. The fourth-order valence-corrected chi connectivity index (χ4v) is 6.52. The number of amides is 2. The van der Waals surface area contributed by atoms with E-state index in [-0.39, 0.29) is 5.69 Å². The fourth-order valence-electron chi connectivity index (χ4n) is 4.85. The Kier molecular flexibility index (Phi) is 10.2.